The van der Waals surface area contributed by atoms with Crippen molar-refractivity contribution in [2.45, 2.75) is 32.6 Å². The van der Waals surface area contributed by atoms with Gasteiger partial charge in [-0.1, -0.05) is 54.9 Å². The highest BCUT2D eigenvalue weighted by Gasteiger charge is 2.15. The maximum Gasteiger partial charge on any atom is 0.227 e. The Hall–Kier alpha value is -3.06. The van der Waals surface area contributed by atoms with Gasteiger partial charge in [0, 0.05) is 24.5 Å². The van der Waals surface area contributed by atoms with E-state index < -0.39 is 0 Å². The minimum atomic E-state index is -0.226. The van der Waals surface area contributed by atoms with Crippen molar-refractivity contribution in [1.82, 2.24) is 10.1 Å². The monoisotopic (exact) mass is 429 g/mol. The van der Waals surface area contributed by atoms with Gasteiger partial charge in [0.05, 0.1) is 24.9 Å². The molecule has 158 valence electrons. The van der Waals surface area contributed by atoms with Crippen LogP contribution in [0.3, 0.4) is 0 Å². The Bertz CT molecular complexity index is 1020. The molecule has 2 aromatic carbocycles. The molecule has 0 aliphatic heterocycles. The molecule has 8 heteroatoms. The number of amides is 1. The number of nitrogens with one attached hydrogen (secondary N) is 1. The molecule has 0 radical (unpaired) electrons. The fourth-order valence-electron chi connectivity index (χ4n) is 2.88. The van der Waals surface area contributed by atoms with Crippen molar-refractivity contribution in [2.24, 2.45) is 0 Å². The minimum Gasteiger partial charge on any atom is -0.495 e. The Morgan fingerprint density at radius 1 is 1.13 bits per heavy atom. The highest BCUT2D eigenvalue weighted by molar-refractivity contribution is 6.32. The van der Waals surface area contributed by atoms with E-state index in [2.05, 4.69) is 41.4 Å². The zero-order valence-electron chi connectivity index (χ0n) is 17.4. The summed E-state index contributed by atoms with van der Waals surface area (Å²) in [7, 11) is 3.02. The van der Waals surface area contributed by atoms with E-state index in [1.54, 1.807) is 12.1 Å². The van der Waals surface area contributed by atoms with Crippen LogP contribution in [0.4, 0.5) is 5.69 Å². The van der Waals surface area contributed by atoms with Crippen molar-refractivity contribution in [3.63, 3.8) is 0 Å². The number of anilines is 1. The largest absolute Gasteiger partial charge is 0.495 e. The average Bonchev–Trinajstić information content (AvgIpc) is 3.21. The lowest BCUT2D eigenvalue weighted by Gasteiger charge is -2.12. The predicted octanol–water partition coefficient (Wildman–Crippen LogP) is 5.10. The van der Waals surface area contributed by atoms with Gasteiger partial charge in [-0.25, -0.2) is 0 Å². The summed E-state index contributed by atoms with van der Waals surface area (Å²) < 4.78 is 15.7. The van der Waals surface area contributed by atoms with Crippen LogP contribution in [0.5, 0.6) is 11.5 Å². The van der Waals surface area contributed by atoms with Gasteiger partial charge in [0.1, 0.15) is 11.5 Å². The SMILES string of the molecule is COc1cc(OC)c(NC(=O)CCc2nc(-c3ccc(C(C)C)cc3)no2)cc1Cl. The number of carbonyl (C=O) groups excluding carboxylic acids is 1. The van der Waals surface area contributed by atoms with E-state index in [9.17, 15) is 4.79 Å². The van der Waals surface area contributed by atoms with Gasteiger partial charge in [0.2, 0.25) is 17.6 Å². The molecule has 0 spiro atoms. The summed E-state index contributed by atoms with van der Waals surface area (Å²) >= 11 is 6.14. The molecular weight excluding hydrogens is 406 g/mol. The number of rotatable bonds is 8. The van der Waals surface area contributed by atoms with E-state index in [1.165, 1.54) is 19.8 Å². The molecule has 0 atom stereocenters. The summed E-state index contributed by atoms with van der Waals surface area (Å²) in [5.41, 5.74) is 2.58. The van der Waals surface area contributed by atoms with Crippen LogP contribution < -0.4 is 14.8 Å². The molecule has 7 nitrogen and oxygen atoms in total. The van der Waals surface area contributed by atoms with Gasteiger partial charge >= 0.3 is 0 Å². The van der Waals surface area contributed by atoms with Crippen LogP contribution in [0.1, 0.15) is 37.6 Å². The molecule has 0 saturated carbocycles. The highest BCUT2D eigenvalue weighted by Crippen LogP contribution is 2.36. The summed E-state index contributed by atoms with van der Waals surface area (Å²) in [4.78, 5) is 16.8. The van der Waals surface area contributed by atoms with Crippen LogP contribution in [0, 0.1) is 0 Å². The molecule has 1 amide bonds. The fourth-order valence-corrected chi connectivity index (χ4v) is 3.12. The second kappa shape index (κ2) is 9.63. The number of hydrogen-bond donors (Lipinski definition) is 1. The first-order chi connectivity index (χ1) is 14.4. The Balaban J connectivity index is 1.61. The Labute approximate surface area is 180 Å². The van der Waals surface area contributed by atoms with Gasteiger partial charge in [-0.3, -0.25) is 4.79 Å². The van der Waals surface area contributed by atoms with Gasteiger partial charge < -0.3 is 19.3 Å². The third kappa shape index (κ3) is 5.10. The van der Waals surface area contributed by atoms with E-state index in [1.807, 2.05) is 12.1 Å². The number of nitrogens with zero attached hydrogens (tertiary/aromatic N) is 2. The third-order valence-electron chi connectivity index (χ3n) is 4.62. The number of halogens is 1. The second-order valence-electron chi connectivity index (χ2n) is 7.02. The molecule has 3 aromatic rings. The van der Waals surface area contributed by atoms with Gasteiger partial charge in [-0.05, 0) is 17.5 Å². The Morgan fingerprint density at radius 2 is 1.83 bits per heavy atom. The number of carbonyl (C=O) groups is 1. The molecule has 30 heavy (non-hydrogen) atoms. The number of aryl methyl sites for hydroxylation is 1. The fraction of sp³-hybridized carbons (Fsp3) is 0.318. The first-order valence-corrected chi connectivity index (χ1v) is 9.93. The number of hydrogen-bond acceptors (Lipinski definition) is 6. The minimum absolute atomic E-state index is 0.167. The van der Waals surface area contributed by atoms with Crippen molar-refractivity contribution in [3.8, 4) is 22.9 Å². The van der Waals surface area contributed by atoms with Crippen molar-refractivity contribution in [1.29, 1.82) is 0 Å². The van der Waals surface area contributed by atoms with Gasteiger partial charge in [-0.2, -0.15) is 4.98 Å². The smallest absolute Gasteiger partial charge is 0.227 e. The zero-order chi connectivity index (χ0) is 21.7. The lowest BCUT2D eigenvalue weighted by Crippen LogP contribution is -2.13. The predicted molar refractivity (Wildman–Crippen MR) is 115 cm³/mol. The summed E-state index contributed by atoms with van der Waals surface area (Å²) in [6, 6.07) is 11.2. The molecule has 0 aliphatic carbocycles. The summed E-state index contributed by atoms with van der Waals surface area (Å²) in [6.45, 7) is 4.28. The quantitative estimate of drug-likeness (QED) is 0.536. The number of ether oxygens (including phenoxy) is 2. The number of methoxy groups -OCH3 is 2. The van der Waals surface area contributed by atoms with Crippen LogP contribution in [-0.2, 0) is 11.2 Å². The van der Waals surface area contributed by atoms with Gasteiger partial charge in [0.15, 0.2) is 0 Å². The van der Waals surface area contributed by atoms with Crippen LogP contribution in [0.2, 0.25) is 5.02 Å². The van der Waals surface area contributed by atoms with E-state index in [-0.39, 0.29) is 12.3 Å². The lowest BCUT2D eigenvalue weighted by molar-refractivity contribution is -0.116. The van der Waals surface area contributed by atoms with Crippen LogP contribution in [-0.4, -0.2) is 30.3 Å². The van der Waals surface area contributed by atoms with Crippen LogP contribution >= 0.6 is 11.6 Å². The molecule has 0 bridgehead atoms. The molecule has 1 aromatic heterocycles. The normalized spacial score (nSPS) is 10.9. The lowest BCUT2D eigenvalue weighted by atomic mass is 10.0. The maximum atomic E-state index is 12.4. The first kappa shape index (κ1) is 21.6. The zero-order valence-corrected chi connectivity index (χ0v) is 18.1. The van der Waals surface area contributed by atoms with Crippen molar-refractivity contribution < 1.29 is 18.8 Å². The Morgan fingerprint density at radius 3 is 2.47 bits per heavy atom. The molecule has 0 fully saturated rings. The van der Waals surface area contributed by atoms with Gasteiger partial charge in [-0.15, -0.1) is 0 Å². The molecule has 0 saturated heterocycles. The average molecular weight is 430 g/mol. The van der Waals surface area contributed by atoms with E-state index in [4.69, 9.17) is 25.6 Å². The first-order valence-electron chi connectivity index (χ1n) is 9.55. The third-order valence-corrected chi connectivity index (χ3v) is 4.91. The number of aromatic nitrogens is 2. The van der Waals surface area contributed by atoms with Crippen LogP contribution in [0.25, 0.3) is 11.4 Å². The van der Waals surface area contributed by atoms with Crippen molar-refractivity contribution >= 4 is 23.2 Å². The maximum absolute atomic E-state index is 12.4. The summed E-state index contributed by atoms with van der Waals surface area (Å²) in [5, 5.41) is 7.17. The molecule has 1 N–H and O–H groups in total. The summed E-state index contributed by atoms with van der Waals surface area (Å²) in [5.74, 6) is 2.05. The van der Waals surface area contributed by atoms with E-state index in [0.717, 1.165) is 5.56 Å². The number of benzene rings is 2. The van der Waals surface area contributed by atoms with Gasteiger partial charge in [0.25, 0.3) is 0 Å². The summed E-state index contributed by atoms with van der Waals surface area (Å²) in [6.07, 6.45) is 0.482. The van der Waals surface area contributed by atoms with Crippen LogP contribution in [0.15, 0.2) is 40.9 Å². The van der Waals surface area contributed by atoms with E-state index in [0.29, 0.717) is 46.3 Å². The molecule has 1 heterocycles. The topological polar surface area (TPSA) is 86.5 Å². The standard InChI is InChI=1S/C22H24ClN3O4/c1-13(2)14-5-7-15(8-6-14)22-25-21(30-26-22)10-9-20(27)24-17-11-16(23)18(28-3)12-19(17)29-4/h5-8,11-13H,9-10H2,1-4H3,(H,24,27). The Kier molecular flexibility index (Phi) is 6.95. The second-order valence-corrected chi connectivity index (χ2v) is 7.43. The molecular formula is C22H24ClN3O4. The van der Waals surface area contributed by atoms with Crippen molar-refractivity contribution in [2.75, 3.05) is 19.5 Å². The van der Waals surface area contributed by atoms with E-state index >= 15 is 0 Å². The molecule has 0 aliphatic rings. The molecule has 0 unspecified atom stereocenters. The highest BCUT2D eigenvalue weighted by atomic mass is 35.5. The van der Waals surface area contributed by atoms with Crippen molar-refractivity contribution in [3.05, 3.63) is 52.9 Å². The molecule has 3 rings (SSSR count).